The van der Waals surface area contributed by atoms with Gasteiger partial charge in [0.2, 0.25) is 0 Å². The summed E-state index contributed by atoms with van der Waals surface area (Å²) in [6, 6.07) is 18.4. The Labute approximate surface area is 139 Å². The van der Waals surface area contributed by atoms with E-state index >= 15 is 0 Å². The van der Waals surface area contributed by atoms with Crippen LogP contribution in [0.1, 0.15) is 11.1 Å². The average Bonchev–Trinajstić information content (AvgIpc) is 2.56. The first-order chi connectivity index (χ1) is 10.6. The van der Waals surface area contributed by atoms with Gasteiger partial charge < -0.3 is 10.2 Å². The van der Waals surface area contributed by atoms with Gasteiger partial charge in [0.1, 0.15) is 12.2 Å². The number of aliphatic hydroxyl groups is 2. The summed E-state index contributed by atoms with van der Waals surface area (Å²) in [4.78, 5) is 0. The second kappa shape index (κ2) is 8.16. The second-order valence-electron chi connectivity index (χ2n) is 4.74. The molecule has 0 aromatic heterocycles. The molecule has 0 bridgehead atoms. The van der Waals surface area contributed by atoms with E-state index in [1.165, 1.54) is 12.2 Å². The molecular weight excluding hydrogens is 319 g/mol. The van der Waals surface area contributed by atoms with Crippen LogP contribution in [0.5, 0.6) is 0 Å². The molecule has 2 rings (SSSR count). The summed E-state index contributed by atoms with van der Waals surface area (Å²) in [5.74, 6) is 0. The van der Waals surface area contributed by atoms with Gasteiger partial charge in [-0.1, -0.05) is 83.9 Å². The van der Waals surface area contributed by atoms with Crippen LogP contribution in [0.15, 0.2) is 72.8 Å². The van der Waals surface area contributed by atoms with Crippen LogP contribution >= 0.6 is 23.2 Å². The quantitative estimate of drug-likeness (QED) is 0.857. The monoisotopic (exact) mass is 334 g/mol. The molecule has 0 aliphatic heterocycles. The lowest BCUT2D eigenvalue weighted by atomic mass is 10.1. The average molecular weight is 335 g/mol. The van der Waals surface area contributed by atoms with Crippen LogP contribution in [0.4, 0.5) is 0 Å². The molecule has 2 N–H and O–H groups in total. The maximum absolute atomic E-state index is 10.0. The van der Waals surface area contributed by atoms with Gasteiger partial charge in [-0.2, -0.15) is 0 Å². The van der Waals surface area contributed by atoms with Crippen molar-refractivity contribution >= 4 is 33.3 Å². The summed E-state index contributed by atoms with van der Waals surface area (Å²) in [5, 5.41) is 20.8. The van der Waals surface area contributed by atoms with Crippen LogP contribution in [0.3, 0.4) is 0 Å². The second-order valence-corrected chi connectivity index (χ2v) is 5.56. The van der Waals surface area contributed by atoms with Gasteiger partial charge in [-0.05, 0) is 23.3 Å². The van der Waals surface area contributed by atoms with Crippen LogP contribution in [-0.2, 0) is 0 Å². The largest absolute Gasteiger partial charge is 0.386 e. The highest BCUT2D eigenvalue weighted by molar-refractivity contribution is 6.49. The van der Waals surface area contributed by atoms with E-state index in [0.717, 1.165) is 11.1 Å². The van der Waals surface area contributed by atoms with Crippen molar-refractivity contribution in [2.75, 3.05) is 0 Å². The standard InChI is InChI=1S/C18H16Cl2O2/c19-15(13-7-3-1-4-8-13)11-17(21)18(22)12-16(20)14-9-5-2-6-10-14/h1-12,17-18,21-22H/b15-11-,16-12-/t17-,18-/m1/s1. The molecule has 0 spiro atoms. The lowest BCUT2D eigenvalue weighted by Gasteiger charge is -2.12. The minimum absolute atomic E-state index is 0.372. The van der Waals surface area contributed by atoms with Crippen molar-refractivity contribution in [2.45, 2.75) is 12.2 Å². The third-order valence-electron chi connectivity index (χ3n) is 3.08. The molecule has 0 aliphatic carbocycles. The Morgan fingerprint density at radius 3 is 1.32 bits per heavy atom. The van der Waals surface area contributed by atoms with Crippen molar-refractivity contribution in [3.63, 3.8) is 0 Å². The van der Waals surface area contributed by atoms with E-state index in [4.69, 9.17) is 23.2 Å². The molecule has 0 saturated carbocycles. The third kappa shape index (κ3) is 4.72. The summed E-state index contributed by atoms with van der Waals surface area (Å²) in [6.07, 6.45) is 0.496. The van der Waals surface area contributed by atoms with Crippen molar-refractivity contribution in [1.29, 1.82) is 0 Å². The molecule has 114 valence electrons. The van der Waals surface area contributed by atoms with Gasteiger partial charge in [0.05, 0.1) is 0 Å². The first-order valence-corrected chi connectivity index (χ1v) is 7.55. The number of aliphatic hydroxyl groups excluding tert-OH is 2. The topological polar surface area (TPSA) is 40.5 Å². The molecule has 4 heteroatoms. The molecule has 0 radical (unpaired) electrons. The van der Waals surface area contributed by atoms with Gasteiger partial charge >= 0.3 is 0 Å². The number of hydrogen-bond acceptors (Lipinski definition) is 2. The van der Waals surface area contributed by atoms with Crippen LogP contribution < -0.4 is 0 Å². The van der Waals surface area contributed by atoms with Gasteiger partial charge in [-0.15, -0.1) is 0 Å². The fourth-order valence-corrected chi connectivity index (χ4v) is 2.39. The Morgan fingerprint density at radius 2 is 1.00 bits per heavy atom. The fraction of sp³-hybridized carbons (Fsp3) is 0.111. The number of hydrogen-bond donors (Lipinski definition) is 2. The van der Waals surface area contributed by atoms with Crippen molar-refractivity contribution < 1.29 is 10.2 Å². The maximum Gasteiger partial charge on any atom is 0.103 e. The lowest BCUT2D eigenvalue weighted by molar-refractivity contribution is 0.0817. The minimum Gasteiger partial charge on any atom is -0.386 e. The van der Waals surface area contributed by atoms with Crippen molar-refractivity contribution in [3.8, 4) is 0 Å². The van der Waals surface area contributed by atoms with E-state index in [-0.39, 0.29) is 0 Å². The predicted molar refractivity (Wildman–Crippen MR) is 92.6 cm³/mol. The summed E-state index contributed by atoms with van der Waals surface area (Å²) >= 11 is 12.3. The highest BCUT2D eigenvalue weighted by Crippen LogP contribution is 2.22. The van der Waals surface area contributed by atoms with E-state index in [1.54, 1.807) is 0 Å². The number of rotatable bonds is 5. The molecule has 0 amide bonds. The van der Waals surface area contributed by atoms with Crippen LogP contribution in [0.25, 0.3) is 10.1 Å². The zero-order valence-corrected chi connectivity index (χ0v) is 13.2. The molecule has 2 nitrogen and oxygen atoms in total. The highest BCUT2D eigenvalue weighted by atomic mass is 35.5. The Morgan fingerprint density at radius 1 is 0.682 bits per heavy atom. The molecular formula is C18H16Cl2O2. The summed E-state index contributed by atoms with van der Waals surface area (Å²) in [5.41, 5.74) is 1.54. The Balaban J connectivity index is 2.11. The number of benzene rings is 2. The van der Waals surface area contributed by atoms with Crippen LogP contribution in [0, 0.1) is 0 Å². The normalized spacial score (nSPS) is 15.5. The maximum atomic E-state index is 10.0. The Bertz CT molecular complexity index is 592. The van der Waals surface area contributed by atoms with Crippen molar-refractivity contribution in [2.24, 2.45) is 0 Å². The van der Waals surface area contributed by atoms with Gasteiger partial charge in [0, 0.05) is 10.1 Å². The Kier molecular flexibility index (Phi) is 6.22. The molecule has 0 saturated heterocycles. The predicted octanol–water partition coefficient (Wildman–Crippen LogP) is 4.27. The van der Waals surface area contributed by atoms with Gasteiger partial charge in [-0.3, -0.25) is 0 Å². The molecule has 0 unspecified atom stereocenters. The smallest absolute Gasteiger partial charge is 0.103 e. The SMILES string of the molecule is O[C@H](/C=C(\Cl)c1ccccc1)[C@H](O)/C=C(\Cl)c1ccccc1. The molecule has 2 aromatic carbocycles. The lowest BCUT2D eigenvalue weighted by Crippen LogP contribution is -2.21. The summed E-state index contributed by atoms with van der Waals surface area (Å²) < 4.78 is 0. The zero-order chi connectivity index (χ0) is 15.9. The molecule has 2 aromatic rings. The molecule has 0 aliphatic rings. The molecule has 2 atom stereocenters. The van der Waals surface area contributed by atoms with Gasteiger partial charge in [0.15, 0.2) is 0 Å². The van der Waals surface area contributed by atoms with Crippen LogP contribution in [0.2, 0.25) is 0 Å². The van der Waals surface area contributed by atoms with Gasteiger partial charge in [0.25, 0.3) is 0 Å². The zero-order valence-electron chi connectivity index (χ0n) is 11.7. The first-order valence-electron chi connectivity index (χ1n) is 6.79. The van der Waals surface area contributed by atoms with E-state index in [1.807, 2.05) is 60.7 Å². The number of halogens is 2. The summed E-state index contributed by atoms with van der Waals surface area (Å²) in [7, 11) is 0. The molecule has 22 heavy (non-hydrogen) atoms. The molecule has 0 fully saturated rings. The van der Waals surface area contributed by atoms with E-state index < -0.39 is 12.2 Å². The van der Waals surface area contributed by atoms with E-state index in [9.17, 15) is 10.2 Å². The van der Waals surface area contributed by atoms with E-state index in [0.29, 0.717) is 10.1 Å². The fourth-order valence-electron chi connectivity index (χ4n) is 1.88. The highest BCUT2D eigenvalue weighted by Gasteiger charge is 2.14. The van der Waals surface area contributed by atoms with Crippen molar-refractivity contribution in [3.05, 3.63) is 83.9 Å². The van der Waals surface area contributed by atoms with Crippen molar-refractivity contribution in [1.82, 2.24) is 0 Å². The van der Waals surface area contributed by atoms with Gasteiger partial charge in [-0.25, -0.2) is 0 Å². The first kappa shape index (κ1) is 16.8. The van der Waals surface area contributed by atoms with Crippen LogP contribution in [-0.4, -0.2) is 22.4 Å². The molecule has 0 heterocycles. The Hall–Kier alpha value is -1.58. The summed E-state index contributed by atoms with van der Waals surface area (Å²) in [6.45, 7) is 0. The third-order valence-corrected chi connectivity index (χ3v) is 3.77. The minimum atomic E-state index is -1.15. The van der Waals surface area contributed by atoms with E-state index in [2.05, 4.69) is 0 Å².